The van der Waals surface area contributed by atoms with Gasteiger partial charge in [-0.25, -0.2) is 0 Å². The van der Waals surface area contributed by atoms with Gasteiger partial charge in [-0.05, 0) is 61.7 Å². The molecule has 1 aromatic carbocycles. The van der Waals surface area contributed by atoms with E-state index in [-0.39, 0.29) is 24.8 Å². The van der Waals surface area contributed by atoms with Gasteiger partial charge in [-0.15, -0.1) is 0 Å². The molecule has 0 spiro atoms. The van der Waals surface area contributed by atoms with E-state index in [0.717, 1.165) is 23.4 Å². The van der Waals surface area contributed by atoms with Gasteiger partial charge in [-0.1, -0.05) is 15.9 Å². The summed E-state index contributed by atoms with van der Waals surface area (Å²) in [4.78, 5) is 12.3. The number of hydrogen-bond acceptors (Lipinski definition) is 4. The molecule has 0 saturated heterocycles. The third-order valence-corrected chi connectivity index (χ3v) is 5.54. The highest BCUT2D eigenvalue weighted by Gasteiger charge is 2.37. The van der Waals surface area contributed by atoms with Crippen LogP contribution in [0.1, 0.15) is 52.9 Å². The number of hydrogen-bond donors (Lipinski definition) is 1. The molecule has 4 rings (SSSR count). The Labute approximate surface area is 190 Å². The fourth-order valence-electron chi connectivity index (χ4n) is 3.24. The van der Waals surface area contributed by atoms with Gasteiger partial charge in [0.15, 0.2) is 11.5 Å². The summed E-state index contributed by atoms with van der Waals surface area (Å²) in [5.74, 6) is 1.08. The molecule has 10 heteroatoms. The quantitative estimate of drug-likeness (QED) is 0.383. The lowest BCUT2D eigenvalue weighted by molar-refractivity contribution is -0.141. The molecule has 1 N–H and O–H groups in total. The first-order chi connectivity index (χ1) is 15.3. The van der Waals surface area contributed by atoms with Crippen LogP contribution < -0.4 is 10.1 Å². The molecule has 0 radical (unpaired) electrons. The van der Waals surface area contributed by atoms with E-state index in [1.807, 2.05) is 24.3 Å². The number of halogens is 4. The van der Waals surface area contributed by atoms with Crippen LogP contribution in [0.3, 0.4) is 0 Å². The van der Waals surface area contributed by atoms with Gasteiger partial charge in [0.2, 0.25) is 0 Å². The van der Waals surface area contributed by atoms with Crippen molar-refractivity contribution in [2.45, 2.75) is 44.5 Å². The zero-order chi connectivity index (χ0) is 22.7. The minimum absolute atomic E-state index is 0.148. The van der Waals surface area contributed by atoms with Gasteiger partial charge in [-0.3, -0.25) is 9.48 Å². The molecule has 6 nitrogen and oxygen atoms in total. The molecule has 1 fully saturated rings. The Bertz CT molecular complexity index is 1070. The Morgan fingerprint density at radius 1 is 1.22 bits per heavy atom. The minimum atomic E-state index is -4.46. The normalized spacial score (nSPS) is 13.9. The van der Waals surface area contributed by atoms with Crippen LogP contribution in [0, 0.1) is 0 Å². The summed E-state index contributed by atoms with van der Waals surface area (Å²) in [6.07, 6.45) is -2.25. The summed E-state index contributed by atoms with van der Waals surface area (Å²) >= 11 is 3.35. The number of alkyl halides is 3. The number of carbonyl (C=O) groups excluding carboxylic acids is 1. The second kappa shape index (κ2) is 9.40. The van der Waals surface area contributed by atoms with Crippen LogP contribution in [0.5, 0.6) is 5.75 Å². The summed E-state index contributed by atoms with van der Waals surface area (Å²) in [6, 6.07) is 11.7. The van der Waals surface area contributed by atoms with Gasteiger partial charge in [-0.2, -0.15) is 18.3 Å². The maximum absolute atomic E-state index is 13.0. The molecule has 2 aromatic heterocycles. The zero-order valence-electron chi connectivity index (χ0n) is 17.0. The Hall–Kier alpha value is -2.75. The van der Waals surface area contributed by atoms with E-state index in [0.29, 0.717) is 30.2 Å². The molecule has 0 unspecified atom stereocenters. The molecule has 3 aromatic rings. The van der Waals surface area contributed by atoms with Gasteiger partial charge < -0.3 is 14.5 Å². The van der Waals surface area contributed by atoms with Gasteiger partial charge >= 0.3 is 6.18 Å². The van der Waals surface area contributed by atoms with Crippen molar-refractivity contribution < 1.29 is 27.1 Å². The van der Waals surface area contributed by atoms with Crippen LogP contribution in [0.25, 0.3) is 0 Å². The van der Waals surface area contributed by atoms with Crippen LogP contribution in [0.15, 0.2) is 51.4 Å². The van der Waals surface area contributed by atoms with Crippen molar-refractivity contribution in [2.75, 3.05) is 6.54 Å². The number of rotatable bonds is 9. The number of ether oxygens (including phenoxy) is 1. The standard InChI is InChI=1S/C22H21BrF3N3O3/c23-15-4-6-16(7-5-15)31-13-17-8-9-19(32-17)21(30)27-10-1-11-29-18(14-2-3-14)12-20(28-29)22(24,25)26/h4-9,12,14H,1-3,10-11,13H2,(H,27,30). The number of amides is 1. The molecule has 0 aliphatic heterocycles. The van der Waals surface area contributed by atoms with Gasteiger partial charge in [0, 0.05) is 29.2 Å². The number of carbonyl (C=O) groups is 1. The van der Waals surface area contributed by atoms with E-state index in [9.17, 15) is 18.0 Å². The number of aromatic nitrogens is 2. The number of benzene rings is 1. The fraction of sp³-hybridized carbons (Fsp3) is 0.364. The number of aryl methyl sites for hydroxylation is 1. The van der Waals surface area contributed by atoms with E-state index >= 15 is 0 Å². The van der Waals surface area contributed by atoms with E-state index in [1.54, 1.807) is 12.1 Å². The van der Waals surface area contributed by atoms with Crippen LogP contribution in [-0.4, -0.2) is 22.2 Å². The zero-order valence-corrected chi connectivity index (χ0v) is 18.6. The first-order valence-corrected chi connectivity index (χ1v) is 11.0. The van der Waals surface area contributed by atoms with Crippen molar-refractivity contribution >= 4 is 21.8 Å². The number of furan rings is 1. The first kappa shape index (κ1) is 22.4. The highest BCUT2D eigenvalue weighted by Crippen LogP contribution is 2.42. The van der Waals surface area contributed by atoms with Crippen LogP contribution in [-0.2, 0) is 19.3 Å². The maximum atomic E-state index is 13.0. The topological polar surface area (TPSA) is 69.3 Å². The van der Waals surface area contributed by atoms with E-state index in [4.69, 9.17) is 9.15 Å². The Morgan fingerprint density at radius 2 is 1.97 bits per heavy atom. The van der Waals surface area contributed by atoms with Crippen LogP contribution in [0.4, 0.5) is 13.2 Å². The minimum Gasteiger partial charge on any atom is -0.486 e. The molecule has 1 amide bonds. The Kier molecular flexibility index (Phi) is 6.59. The van der Waals surface area contributed by atoms with Crippen molar-refractivity contribution in [3.05, 3.63) is 69.8 Å². The SMILES string of the molecule is O=C(NCCCn1nc(C(F)(F)F)cc1C1CC1)c1ccc(COc2ccc(Br)cc2)o1. The molecule has 0 bridgehead atoms. The summed E-state index contributed by atoms with van der Waals surface area (Å²) in [5, 5.41) is 6.44. The van der Waals surface area contributed by atoms with Gasteiger partial charge in [0.05, 0.1) is 0 Å². The molecule has 0 atom stereocenters. The lowest BCUT2D eigenvalue weighted by Gasteiger charge is -2.07. The molecule has 1 saturated carbocycles. The number of nitrogens with zero attached hydrogens (tertiary/aromatic N) is 2. The average Bonchev–Trinajstić information content (AvgIpc) is 3.31. The monoisotopic (exact) mass is 511 g/mol. The second-order valence-electron chi connectivity index (χ2n) is 7.57. The van der Waals surface area contributed by atoms with Crippen molar-refractivity contribution in [1.82, 2.24) is 15.1 Å². The van der Waals surface area contributed by atoms with E-state index in [1.165, 1.54) is 4.68 Å². The van der Waals surface area contributed by atoms with Crippen LogP contribution >= 0.6 is 15.9 Å². The molecule has 170 valence electrons. The highest BCUT2D eigenvalue weighted by atomic mass is 79.9. The second-order valence-corrected chi connectivity index (χ2v) is 8.48. The van der Waals surface area contributed by atoms with Crippen molar-refractivity contribution in [1.29, 1.82) is 0 Å². The number of nitrogens with one attached hydrogen (secondary N) is 1. The third kappa shape index (κ3) is 5.73. The van der Waals surface area contributed by atoms with Crippen molar-refractivity contribution in [3.63, 3.8) is 0 Å². The average molecular weight is 512 g/mol. The van der Waals surface area contributed by atoms with Crippen molar-refractivity contribution in [2.24, 2.45) is 0 Å². The summed E-state index contributed by atoms with van der Waals surface area (Å²) in [6.45, 7) is 0.766. The molecule has 1 aliphatic rings. The Balaban J connectivity index is 1.24. The molecular weight excluding hydrogens is 491 g/mol. The molecule has 2 heterocycles. The van der Waals surface area contributed by atoms with Crippen LogP contribution in [0.2, 0.25) is 0 Å². The predicted molar refractivity (Wildman–Crippen MR) is 113 cm³/mol. The fourth-order valence-corrected chi connectivity index (χ4v) is 3.50. The predicted octanol–water partition coefficient (Wildman–Crippen LogP) is 5.53. The first-order valence-electron chi connectivity index (χ1n) is 10.2. The van der Waals surface area contributed by atoms with E-state index in [2.05, 4.69) is 26.3 Å². The van der Waals surface area contributed by atoms with Gasteiger partial charge in [0.25, 0.3) is 5.91 Å². The molecule has 1 aliphatic carbocycles. The van der Waals surface area contributed by atoms with Crippen molar-refractivity contribution in [3.8, 4) is 5.75 Å². The maximum Gasteiger partial charge on any atom is 0.435 e. The highest BCUT2D eigenvalue weighted by molar-refractivity contribution is 9.10. The summed E-state index contributed by atoms with van der Waals surface area (Å²) in [7, 11) is 0. The summed E-state index contributed by atoms with van der Waals surface area (Å²) in [5.41, 5.74) is -0.248. The third-order valence-electron chi connectivity index (χ3n) is 5.01. The smallest absolute Gasteiger partial charge is 0.435 e. The lowest BCUT2D eigenvalue weighted by Crippen LogP contribution is -2.25. The Morgan fingerprint density at radius 3 is 2.66 bits per heavy atom. The largest absolute Gasteiger partial charge is 0.486 e. The van der Waals surface area contributed by atoms with Gasteiger partial charge in [0.1, 0.15) is 18.1 Å². The summed E-state index contributed by atoms with van der Waals surface area (Å²) < 4.78 is 52.4. The molecular formula is C22H21BrF3N3O3. The lowest BCUT2D eigenvalue weighted by atomic mass is 10.2. The van der Waals surface area contributed by atoms with E-state index < -0.39 is 17.8 Å². The molecule has 32 heavy (non-hydrogen) atoms.